The summed E-state index contributed by atoms with van der Waals surface area (Å²) in [5, 5.41) is 0. The molecule has 1 saturated carbocycles. The Labute approximate surface area is 75.4 Å². The molecule has 0 aliphatic heterocycles. The number of hydroxylamine groups is 1. The molecule has 1 aliphatic rings. The molecule has 0 aromatic heterocycles. The first-order valence-corrected chi connectivity index (χ1v) is 4.39. The summed E-state index contributed by atoms with van der Waals surface area (Å²) in [6, 6.07) is 0.0867. The number of nitrogens with one attached hydrogen (secondary N) is 1. The van der Waals surface area contributed by atoms with Crippen molar-refractivity contribution >= 4 is 0 Å². The Morgan fingerprint density at radius 3 is 2.08 bits per heavy atom. The van der Waals surface area contributed by atoms with Crippen LogP contribution in [0.4, 0.5) is 13.2 Å². The maximum absolute atomic E-state index is 12.2. The largest absolute Gasteiger partial charge is 0.391 e. The fourth-order valence-electron chi connectivity index (χ4n) is 1.71. The van der Waals surface area contributed by atoms with E-state index in [1.54, 1.807) is 0 Å². The second kappa shape index (κ2) is 4.28. The Kier molecular flexibility index (Phi) is 3.55. The van der Waals surface area contributed by atoms with Crippen LogP contribution in [0, 0.1) is 5.92 Å². The molecule has 0 amide bonds. The third kappa shape index (κ3) is 3.15. The van der Waals surface area contributed by atoms with Crippen molar-refractivity contribution in [1.29, 1.82) is 0 Å². The molecule has 0 spiro atoms. The van der Waals surface area contributed by atoms with Gasteiger partial charge in [-0.1, -0.05) is 0 Å². The number of hydrogen-bond acceptors (Lipinski definition) is 2. The van der Waals surface area contributed by atoms with Crippen LogP contribution in [-0.4, -0.2) is 19.3 Å². The van der Waals surface area contributed by atoms with E-state index < -0.39 is 12.1 Å². The molecule has 1 N–H and O–H groups in total. The van der Waals surface area contributed by atoms with Crippen molar-refractivity contribution in [2.45, 2.75) is 37.9 Å². The maximum Gasteiger partial charge on any atom is 0.391 e. The van der Waals surface area contributed by atoms with Crippen molar-refractivity contribution in [3.63, 3.8) is 0 Å². The lowest BCUT2D eigenvalue weighted by Gasteiger charge is -2.29. The fraction of sp³-hybridized carbons (Fsp3) is 1.00. The molecule has 0 radical (unpaired) electrons. The van der Waals surface area contributed by atoms with Crippen LogP contribution in [0.3, 0.4) is 0 Å². The van der Waals surface area contributed by atoms with Gasteiger partial charge in [0, 0.05) is 6.04 Å². The van der Waals surface area contributed by atoms with Crippen LogP contribution in [0.2, 0.25) is 0 Å². The Morgan fingerprint density at radius 2 is 1.69 bits per heavy atom. The van der Waals surface area contributed by atoms with Gasteiger partial charge in [-0.25, -0.2) is 0 Å². The van der Waals surface area contributed by atoms with E-state index in [0.29, 0.717) is 12.8 Å². The highest BCUT2D eigenvalue weighted by molar-refractivity contribution is 4.78. The van der Waals surface area contributed by atoms with Gasteiger partial charge in [0.05, 0.1) is 13.0 Å². The number of alkyl halides is 3. The summed E-state index contributed by atoms with van der Waals surface area (Å²) in [6.07, 6.45) is -2.51. The Bertz CT molecular complexity index is 152. The molecule has 1 fully saturated rings. The van der Waals surface area contributed by atoms with Gasteiger partial charge in [-0.05, 0) is 25.7 Å². The van der Waals surface area contributed by atoms with E-state index in [1.807, 2.05) is 0 Å². The summed E-state index contributed by atoms with van der Waals surface area (Å²) >= 11 is 0. The summed E-state index contributed by atoms with van der Waals surface area (Å²) in [7, 11) is 1.48. The van der Waals surface area contributed by atoms with E-state index in [2.05, 4.69) is 10.3 Å². The van der Waals surface area contributed by atoms with Crippen LogP contribution >= 0.6 is 0 Å². The predicted molar refractivity (Wildman–Crippen MR) is 41.9 cm³/mol. The predicted octanol–water partition coefficient (Wildman–Crippen LogP) is 2.26. The number of rotatable bonds is 2. The summed E-state index contributed by atoms with van der Waals surface area (Å²) < 4.78 is 36.6. The minimum Gasteiger partial charge on any atom is -0.305 e. The van der Waals surface area contributed by atoms with Crippen LogP contribution in [-0.2, 0) is 4.84 Å². The lowest BCUT2D eigenvalue weighted by atomic mass is 9.86. The smallest absolute Gasteiger partial charge is 0.305 e. The van der Waals surface area contributed by atoms with Crippen LogP contribution in [0.5, 0.6) is 0 Å². The molecular formula is C8H14F3NO. The molecule has 13 heavy (non-hydrogen) atoms. The molecular weight excluding hydrogens is 183 g/mol. The van der Waals surface area contributed by atoms with E-state index in [-0.39, 0.29) is 18.9 Å². The molecule has 2 nitrogen and oxygen atoms in total. The Hall–Kier alpha value is -0.290. The van der Waals surface area contributed by atoms with Crippen molar-refractivity contribution in [1.82, 2.24) is 5.48 Å². The zero-order valence-electron chi connectivity index (χ0n) is 7.53. The monoisotopic (exact) mass is 197 g/mol. The Morgan fingerprint density at radius 1 is 1.15 bits per heavy atom. The van der Waals surface area contributed by atoms with E-state index >= 15 is 0 Å². The van der Waals surface area contributed by atoms with Gasteiger partial charge in [0.15, 0.2) is 0 Å². The SMILES string of the molecule is CONC1CCC(C(F)(F)F)CC1. The molecule has 78 valence electrons. The van der Waals surface area contributed by atoms with Crippen LogP contribution < -0.4 is 5.48 Å². The highest BCUT2D eigenvalue weighted by Crippen LogP contribution is 2.37. The molecule has 0 heterocycles. The number of halogens is 3. The second-order valence-electron chi connectivity index (χ2n) is 3.41. The van der Waals surface area contributed by atoms with Gasteiger partial charge >= 0.3 is 6.18 Å². The average Bonchev–Trinajstić information content (AvgIpc) is 2.04. The molecule has 1 aliphatic carbocycles. The average molecular weight is 197 g/mol. The zero-order valence-corrected chi connectivity index (χ0v) is 7.53. The standard InChI is InChI=1S/C8H14F3NO/c1-13-12-7-4-2-6(3-5-7)8(9,10)11/h6-7,12H,2-5H2,1H3. The van der Waals surface area contributed by atoms with Gasteiger partial charge < -0.3 is 4.84 Å². The molecule has 0 aromatic rings. The minimum absolute atomic E-state index is 0.0867. The normalized spacial score (nSPS) is 30.5. The first-order valence-electron chi connectivity index (χ1n) is 4.39. The number of hydrogen-bond donors (Lipinski definition) is 1. The van der Waals surface area contributed by atoms with Crippen LogP contribution in [0.1, 0.15) is 25.7 Å². The second-order valence-corrected chi connectivity index (χ2v) is 3.41. The lowest BCUT2D eigenvalue weighted by molar-refractivity contribution is -0.184. The highest BCUT2D eigenvalue weighted by atomic mass is 19.4. The van der Waals surface area contributed by atoms with E-state index in [4.69, 9.17) is 0 Å². The van der Waals surface area contributed by atoms with Gasteiger partial charge in [0.2, 0.25) is 0 Å². The fourth-order valence-corrected chi connectivity index (χ4v) is 1.71. The Balaban J connectivity index is 2.30. The third-order valence-corrected chi connectivity index (χ3v) is 2.47. The molecule has 0 bridgehead atoms. The molecule has 0 aromatic carbocycles. The van der Waals surface area contributed by atoms with Crippen LogP contribution in [0.25, 0.3) is 0 Å². The van der Waals surface area contributed by atoms with Crippen molar-refractivity contribution in [3.8, 4) is 0 Å². The lowest BCUT2D eigenvalue weighted by Crippen LogP contribution is -2.36. The first kappa shape index (κ1) is 10.8. The van der Waals surface area contributed by atoms with E-state index in [1.165, 1.54) is 7.11 Å². The minimum atomic E-state index is -4.02. The van der Waals surface area contributed by atoms with E-state index in [9.17, 15) is 13.2 Å². The third-order valence-electron chi connectivity index (χ3n) is 2.47. The molecule has 0 unspecified atom stereocenters. The van der Waals surface area contributed by atoms with Gasteiger partial charge in [0.1, 0.15) is 0 Å². The zero-order chi connectivity index (χ0) is 9.90. The molecule has 5 heteroatoms. The summed E-state index contributed by atoms with van der Waals surface area (Å²) in [4.78, 5) is 4.67. The topological polar surface area (TPSA) is 21.3 Å². The van der Waals surface area contributed by atoms with Gasteiger partial charge in [-0.2, -0.15) is 18.7 Å². The summed E-state index contributed by atoms with van der Waals surface area (Å²) in [5.74, 6) is -1.11. The quantitative estimate of drug-likeness (QED) is 0.685. The van der Waals surface area contributed by atoms with Crippen molar-refractivity contribution < 1.29 is 18.0 Å². The summed E-state index contributed by atoms with van der Waals surface area (Å²) in [6.45, 7) is 0. The van der Waals surface area contributed by atoms with Gasteiger partial charge in [0.25, 0.3) is 0 Å². The van der Waals surface area contributed by atoms with Crippen molar-refractivity contribution in [2.75, 3.05) is 7.11 Å². The molecule has 0 saturated heterocycles. The molecule has 0 atom stereocenters. The van der Waals surface area contributed by atoms with E-state index in [0.717, 1.165) is 0 Å². The maximum atomic E-state index is 12.2. The summed E-state index contributed by atoms with van der Waals surface area (Å²) in [5.41, 5.74) is 2.69. The van der Waals surface area contributed by atoms with Gasteiger partial charge in [-0.15, -0.1) is 0 Å². The first-order chi connectivity index (χ1) is 6.04. The van der Waals surface area contributed by atoms with Gasteiger partial charge in [-0.3, -0.25) is 0 Å². The molecule has 1 rings (SSSR count). The van der Waals surface area contributed by atoms with Crippen molar-refractivity contribution in [3.05, 3.63) is 0 Å². The van der Waals surface area contributed by atoms with Crippen LogP contribution in [0.15, 0.2) is 0 Å². The van der Waals surface area contributed by atoms with Crippen molar-refractivity contribution in [2.24, 2.45) is 5.92 Å². The highest BCUT2D eigenvalue weighted by Gasteiger charge is 2.41.